The summed E-state index contributed by atoms with van der Waals surface area (Å²) in [7, 11) is 6.03. The summed E-state index contributed by atoms with van der Waals surface area (Å²) >= 11 is 1.81. The Morgan fingerprint density at radius 3 is 2.55 bits per heavy atom. The number of ether oxygens (including phenoxy) is 1. The summed E-state index contributed by atoms with van der Waals surface area (Å²) in [4.78, 5) is 10.5. The van der Waals surface area contributed by atoms with Crippen LogP contribution in [-0.4, -0.2) is 69.8 Å². The van der Waals surface area contributed by atoms with Crippen LogP contribution in [0.15, 0.2) is 46.8 Å². The Balaban J connectivity index is 1.59. The molecule has 0 saturated carbocycles. The van der Waals surface area contributed by atoms with Gasteiger partial charge in [-0.15, -0.1) is 11.3 Å². The number of nitrogens with zero attached hydrogens (tertiary/aromatic N) is 3. The Morgan fingerprint density at radius 2 is 1.90 bits per heavy atom. The third-order valence-corrected chi connectivity index (χ3v) is 6.07. The van der Waals surface area contributed by atoms with Crippen molar-refractivity contribution in [3.05, 3.63) is 57.8 Å². The lowest BCUT2D eigenvalue weighted by molar-refractivity contribution is 0.0177. The number of guanidine groups is 1. The molecule has 0 aliphatic carbocycles. The normalized spacial score (nSPS) is 16.8. The highest BCUT2D eigenvalue weighted by molar-refractivity contribution is 7.10. The lowest BCUT2D eigenvalue weighted by Gasteiger charge is -2.34. The van der Waals surface area contributed by atoms with Gasteiger partial charge in [0.1, 0.15) is 0 Å². The third kappa shape index (κ3) is 6.54. The molecule has 1 fully saturated rings. The van der Waals surface area contributed by atoms with Crippen LogP contribution in [0, 0.1) is 0 Å². The number of hydrogen-bond donors (Lipinski definition) is 2. The minimum atomic E-state index is 0.332. The zero-order valence-electron chi connectivity index (χ0n) is 17.7. The maximum atomic E-state index is 5.54. The van der Waals surface area contributed by atoms with Crippen LogP contribution in [0.2, 0.25) is 0 Å². The van der Waals surface area contributed by atoms with E-state index in [2.05, 4.69) is 81.3 Å². The highest BCUT2D eigenvalue weighted by Crippen LogP contribution is 2.25. The van der Waals surface area contributed by atoms with E-state index in [0.717, 1.165) is 51.9 Å². The van der Waals surface area contributed by atoms with Gasteiger partial charge >= 0.3 is 0 Å². The molecule has 6 nitrogen and oxygen atoms in total. The van der Waals surface area contributed by atoms with Crippen LogP contribution in [0.3, 0.4) is 0 Å². The first-order valence-corrected chi connectivity index (χ1v) is 11.1. The summed E-state index contributed by atoms with van der Waals surface area (Å²) in [5.41, 5.74) is 2.64. The summed E-state index contributed by atoms with van der Waals surface area (Å²) in [6.45, 7) is 6.04. The molecule has 0 spiro atoms. The van der Waals surface area contributed by atoms with Crippen LogP contribution in [0.4, 0.5) is 0 Å². The second-order valence-electron chi connectivity index (χ2n) is 7.49. The van der Waals surface area contributed by atoms with E-state index in [9.17, 15) is 0 Å². The van der Waals surface area contributed by atoms with Crippen molar-refractivity contribution in [2.45, 2.75) is 19.1 Å². The predicted octanol–water partition coefficient (Wildman–Crippen LogP) is 2.55. The van der Waals surface area contributed by atoms with Crippen molar-refractivity contribution >= 4 is 17.3 Å². The highest BCUT2D eigenvalue weighted by Gasteiger charge is 2.23. The SMILES string of the molecule is CN=C(NCc1ccccc1CN(C)C)NCC(c1cccs1)N1CCOCC1. The van der Waals surface area contributed by atoms with Gasteiger partial charge in [0.2, 0.25) is 0 Å². The van der Waals surface area contributed by atoms with Crippen LogP contribution in [-0.2, 0) is 17.8 Å². The molecule has 0 radical (unpaired) electrons. The van der Waals surface area contributed by atoms with Crippen molar-refractivity contribution in [3.63, 3.8) is 0 Å². The first-order chi connectivity index (χ1) is 14.2. The molecule has 7 heteroatoms. The molecule has 0 bridgehead atoms. The Morgan fingerprint density at radius 1 is 1.14 bits per heavy atom. The molecular weight excluding hydrogens is 382 g/mol. The van der Waals surface area contributed by atoms with Crippen LogP contribution in [0.5, 0.6) is 0 Å². The van der Waals surface area contributed by atoms with Crippen LogP contribution < -0.4 is 10.6 Å². The molecule has 2 N–H and O–H groups in total. The van der Waals surface area contributed by atoms with Crippen LogP contribution in [0.25, 0.3) is 0 Å². The Labute approximate surface area is 178 Å². The van der Waals surface area contributed by atoms with Gasteiger partial charge in [-0.3, -0.25) is 9.89 Å². The van der Waals surface area contributed by atoms with E-state index < -0.39 is 0 Å². The van der Waals surface area contributed by atoms with Crippen molar-refractivity contribution in [1.82, 2.24) is 20.4 Å². The van der Waals surface area contributed by atoms with E-state index in [-0.39, 0.29) is 0 Å². The predicted molar refractivity (Wildman–Crippen MR) is 121 cm³/mol. The summed E-state index contributed by atoms with van der Waals surface area (Å²) in [6, 6.07) is 13.3. The molecule has 1 aromatic carbocycles. The molecule has 1 atom stereocenters. The summed E-state index contributed by atoms with van der Waals surface area (Å²) < 4.78 is 5.54. The van der Waals surface area contributed by atoms with Crippen molar-refractivity contribution in [1.29, 1.82) is 0 Å². The Bertz CT molecular complexity index is 756. The van der Waals surface area contributed by atoms with Gasteiger partial charge in [0.05, 0.1) is 19.3 Å². The largest absolute Gasteiger partial charge is 0.379 e. The third-order valence-electron chi connectivity index (χ3n) is 5.10. The highest BCUT2D eigenvalue weighted by atomic mass is 32.1. The number of aliphatic imine (C=N–C) groups is 1. The van der Waals surface area contributed by atoms with Crippen molar-refractivity contribution < 1.29 is 4.74 Å². The van der Waals surface area contributed by atoms with E-state index in [0.29, 0.717) is 6.04 Å². The number of nitrogens with one attached hydrogen (secondary N) is 2. The Hall–Kier alpha value is -1.93. The van der Waals surface area contributed by atoms with Gasteiger partial charge in [-0.05, 0) is 36.7 Å². The molecule has 1 aliphatic heterocycles. The minimum Gasteiger partial charge on any atom is -0.379 e. The molecule has 2 aromatic rings. The van der Waals surface area contributed by atoms with E-state index in [1.165, 1.54) is 16.0 Å². The van der Waals surface area contributed by atoms with Gasteiger partial charge in [0.15, 0.2) is 5.96 Å². The van der Waals surface area contributed by atoms with E-state index in [1.54, 1.807) is 0 Å². The summed E-state index contributed by atoms with van der Waals surface area (Å²) in [5.74, 6) is 0.833. The fourth-order valence-electron chi connectivity index (χ4n) is 3.60. The van der Waals surface area contributed by atoms with E-state index >= 15 is 0 Å². The standard InChI is InChI=1S/C22H33N5OS/c1-23-22(24-15-18-7-4-5-8-19(18)17-26(2)3)25-16-20(21-9-6-14-29-21)27-10-12-28-13-11-27/h4-9,14,20H,10-13,15-17H2,1-3H3,(H2,23,24,25). The lowest BCUT2D eigenvalue weighted by Crippen LogP contribution is -2.46. The monoisotopic (exact) mass is 415 g/mol. The second-order valence-corrected chi connectivity index (χ2v) is 8.47. The van der Waals surface area contributed by atoms with Gasteiger partial charge < -0.3 is 20.3 Å². The molecule has 158 valence electrons. The number of benzene rings is 1. The first kappa shape index (κ1) is 21.8. The van der Waals surface area contributed by atoms with Crippen molar-refractivity contribution in [2.75, 3.05) is 54.0 Å². The number of thiophene rings is 1. The lowest BCUT2D eigenvalue weighted by atomic mass is 10.1. The quantitative estimate of drug-likeness (QED) is 0.513. The molecule has 29 heavy (non-hydrogen) atoms. The fourth-order valence-corrected chi connectivity index (χ4v) is 4.46. The van der Waals surface area contributed by atoms with Crippen LogP contribution in [0.1, 0.15) is 22.0 Å². The number of morpholine rings is 1. The molecule has 1 aromatic heterocycles. The first-order valence-electron chi connectivity index (χ1n) is 10.2. The average Bonchev–Trinajstić information content (AvgIpc) is 3.26. The number of hydrogen-bond acceptors (Lipinski definition) is 5. The maximum absolute atomic E-state index is 5.54. The Kier molecular flexibility index (Phi) is 8.49. The molecule has 1 unspecified atom stereocenters. The van der Waals surface area contributed by atoms with Crippen molar-refractivity contribution in [3.8, 4) is 0 Å². The van der Waals surface area contributed by atoms with E-state index in [4.69, 9.17) is 4.74 Å². The molecule has 1 aliphatic rings. The minimum absolute atomic E-state index is 0.332. The average molecular weight is 416 g/mol. The summed E-state index contributed by atoms with van der Waals surface area (Å²) in [5, 5.41) is 9.17. The van der Waals surface area contributed by atoms with Gasteiger partial charge in [-0.25, -0.2) is 0 Å². The summed E-state index contributed by atoms with van der Waals surface area (Å²) in [6.07, 6.45) is 0. The zero-order valence-corrected chi connectivity index (χ0v) is 18.5. The van der Waals surface area contributed by atoms with Crippen LogP contribution >= 0.6 is 11.3 Å². The topological polar surface area (TPSA) is 52.1 Å². The second kappa shape index (κ2) is 11.3. The maximum Gasteiger partial charge on any atom is 0.191 e. The van der Waals surface area contributed by atoms with Gasteiger partial charge in [0, 0.05) is 44.6 Å². The van der Waals surface area contributed by atoms with Gasteiger partial charge in [-0.1, -0.05) is 30.3 Å². The van der Waals surface area contributed by atoms with E-state index in [1.807, 2.05) is 18.4 Å². The zero-order chi connectivity index (χ0) is 20.5. The molecule has 2 heterocycles. The molecule has 0 amide bonds. The number of rotatable bonds is 8. The molecular formula is C22H33N5OS. The molecule has 3 rings (SSSR count). The van der Waals surface area contributed by atoms with Gasteiger partial charge in [-0.2, -0.15) is 0 Å². The fraction of sp³-hybridized carbons (Fsp3) is 0.500. The van der Waals surface area contributed by atoms with Crippen molar-refractivity contribution in [2.24, 2.45) is 4.99 Å². The molecule has 1 saturated heterocycles. The smallest absolute Gasteiger partial charge is 0.191 e. The van der Waals surface area contributed by atoms with Gasteiger partial charge in [0.25, 0.3) is 0 Å².